The van der Waals surface area contributed by atoms with Crippen molar-refractivity contribution in [2.24, 2.45) is 0 Å². The van der Waals surface area contributed by atoms with Crippen LogP contribution in [-0.4, -0.2) is 31.1 Å². The van der Waals surface area contributed by atoms with Crippen LogP contribution in [0.25, 0.3) is 0 Å². The van der Waals surface area contributed by atoms with E-state index in [1.54, 1.807) is 31.2 Å². The van der Waals surface area contributed by atoms with Crippen LogP contribution in [0.2, 0.25) is 0 Å². The zero-order valence-electron chi connectivity index (χ0n) is 11.0. The van der Waals surface area contributed by atoms with Gasteiger partial charge in [0.05, 0.1) is 7.11 Å². The highest BCUT2D eigenvalue weighted by atomic mass is 16.5. The molecule has 0 unspecified atom stereocenters. The van der Waals surface area contributed by atoms with Gasteiger partial charge in [0, 0.05) is 6.04 Å². The van der Waals surface area contributed by atoms with E-state index in [1.807, 2.05) is 0 Å². The van der Waals surface area contributed by atoms with Crippen molar-refractivity contribution >= 4 is 11.9 Å². The van der Waals surface area contributed by atoms with Crippen molar-refractivity contribution in [3.63, 3.8) is 0 Å². The fraction of sp³-hybridized carbons (Fsp3) is 0.429. The number of rotatable bonds is 5. The first-order chi connectivity index (χ1) is 9.11. The molecule has 1 amide bonds. The van der Waals surface area contributed by atoms with Gasteiger partial charge in [-0.2, -0.15) is 0 Å². The third-order valence-corrected chi connectivity index (χ3v) is 2.90. The molecule has 1 aliphatic carbocycles. The Morgan fingerprint density at radius 1 is 1.32 bits per heavy atom. The highest BCUT2D eigenvalue weighted by Gasteiger charge is 2.27. The molecule has 0 saturated heterocycles. The second kappa shape index (κ2) is 5.73. The first kappa shape index (κ1) is 13.4. The molecular formula is C14H17NO4. The summed E-state index contributed by atoms with van der Waals surface area (Å²) >= 11 is 0. The quantitative estimate of drug-likeness (QED) is 0.818. The molecule has 5 nitrogen and oxygen atoms in total. The number of amides is 1. The van der Waals surface area contributed by atoms with Gasteiger partial charge in [-0.3, -0.25) is 4.79 Å². The van der Waals surface area contributed by atoms with Crippen LogP contribution in [0.1, 0.15) is 30.1 Å². The van der Waals surface area contributed by atoms with Gasteiger partial charge in [-0.25, -0.2) is 4.79 Å². The van der Waals surface area contributed by atoms with Crippen LogP contribution < -0.4 is 10.1 Å². The number of benzene rings is 1. The zero-order chi connectivity index (χ0) is 13.8. The fourth-order valence-corrected chi connectivity index (χ4v) is 1.64. The molecule has 1 aliphatic rings. The first-order valence-electron chi connectivity index (χ1n) is 6.26. The number of methoxy groups -OCH3 is 1. The molecule has 1 atom stereocenters. The van der Waals surface area contributed by atoms with Crippen molar-refractivity contribution in [2.75, 3.05) is 7.11 Å². The Morgan fingerprint density at radius 3 is 2.63 bits per heavy atom. The van der Waals surface area contributed by atoms with Gasteiger partial charge in [0.2, 0.25) is 0 Å². The maximum absolute atomic E-state index is 12.0. The molecule has 1 fully saturated rings. The van der Waals surface area contributed by atoms with Crippen LogP contribution in [0, 0.1) is 0 Å². The van der Waals surface area contributed by atoms with Crippen LogP contribution in [-0.2, 0) is 9.53 Å². The molecule has 1 N–H and O–H groups in total. The number of esters is 1. The number of ether oxygens (including phenoxy) is 2. The topological polar surface area (TPSA) is 64.6 Å². The smallest absolute Gasteiger partial charge is 0.342 e. The van der Waals surface area contributed by atoms with Crippen molar-refractivity contribution in [3.8, 4) is 5.75 Å². The van der Waals surface area contributed by atoms with E-state index in [0.29, 0.717) is 11.3 Å². The Morgan fingerprint density at radius 2 is 2.00 bits per heavy atom. The van der Waals surface area contributed by atoms with E-state index in [9.17, 15) is 9.59 Å². The molecule has 5 heteroatoms. The van der Waals surface area contributed by atoms with Gasteiger partial charge < -0.3 is 14.8 Å². The Labute approximate surface area is 111 Å². The molecule has 0 aromatic heterocycles. The SMILES string of the molecule is COc1ccccc1C(=O)O[C@H](C)C(=O)NC1CC1. The minimum atomic E-state index is -0.807. The number of carbonyl (C=O) groups excluding carboxylic acids is 2. The molecule has 2 rings (SSSR count). The van der Waals surface area contributed by atoms with Gasteiger partial charge in [-0.15, -0.1) is 0 Å². The average Bonchev–Trinajstić information content (AvgIpc) is 3.22. The van der Waals surface area contributed by atoms with Gasteiger partial charge in [0.25, 0.3) is 5.91 Å². The summed E-state index contributed by atoms with van der Waals surface area (Å²) in [7, 11) is 1.48. The molecule has 1 aromatic carbocycles. The number of carbonyl (C=O) groups is 2. The van der Waals surface area contributed by atoms with Gasteiger partial charge in [-0.05, 0) is 31.9 Å². The predicted molar refractivity (Wildman–Crippen MR) is 69.0 cm³/mol. The maximum atomic E-state index is 12.0. The normalized spacial score (nSPS) is 15.5. The number of hydrogen-bond acceptors (Lipinski definition) is 4. The van der Waals surface area contributed by atoms with Crippen molar-refractivity contribution in [1.82, 2.24) is 5.32 Å². The minimum Gasteiger partial charge on any atom is -0.496 e. The van der Waals surface area contributed by atoms with E-state index < -0.39 is 12.1 Å². The van der Waals surface area contributed by atoms with E-state index in [-0.39, 0.29) is 11.9 Å². The number of hydrogen-bond donors (Lipinski definition) is 1. The highest BCUT2D eigenvalue weighted by Crippen LogP contribution is 2.20. The van der Waals surface area contributed by atoms with Crippen molar-refractivity contribution in [1.29, 1.82) is 0 Å². The van der Waals surface area contributed by atoms with E-state index in [1.165, 1.54) is 7.11 Å². The average molecular weight is 263 g/mol. The molecule has 1 saturated carbocycles. The molecule has 0 radical (unpaired) electrons. The van der Waals surface area contributed by atoms with Crippen LogP contribution in [0.15, 0.2) is 24.3 Å². The van der Waals surface area contributed by atoms with Crippen LogP contribution in [0.4, 0.5) is 0 Å². The van der Waals surface area contributed by atoms with Crippen molar-refractivity contribution in [3.05, 3.63) is 29.8 Å². The highest BCUT2D eigenvalue weighted by molar-refractivity contribution is 5.94. The lowest BCUT2D eigenvalue weighted by molar-refractivity contribution is -0.129. The minimum absolute atomic E-state index is 0.250. The lowest BCUT2D eigenvalue weighted by atomic mass is 10.2. The molecule has 0 aliphatic heterocycles. The second-order valence-electron chi connectivity index (χ2n) is 4.53. The van der Waals surface area contributed by atoms with Gasteiger partial charge in [0.15, 0.2) is 6.10 Å². The van der Waals surface area contributed by atoms with E-state index in [2.05, 4.69) is 5.32 Å². The Balaban J connectivity index is 1.97. The van der Waals surface area contributed by atoms with E-state index in [0.717, 1.165) is 12.8 Å². The molecule has 102 valence electrons. The summed E-state index contributed by atoms with van der Waals surface area (Å²) in [5.74, 6) is -0.385. The molecule has 0 heterocycles. The van der Waals surface area contributed by atoms with Gasteiger partial charge >= 0.3 is 5.97 Å². The van der Waals surface area contributed by atoms with E-state index in [4.69, 9.17) is 9.47 Å². The second-order valence-corrected chi connectivity index (χ2v) is 4.53. The lowest BCUT2D eigenvalue weighted by Crippen LogP contribution is -2.37. The summed E-state index contributed by atoms with van der Waals surface area (Å²) < 4.78 is 10.2. The first-order valence-corrected chi connectivity index (χ1v) is 6.26. The van der Waals surface area contributed by atoms with Crippen molar-refractivity contribution < 1.29 is 19.1 Å². The summed E-state index contributed by atoms with van der Waals surface area (Å²) in [4.78, 5) is 23.7. The van der Waals surface area contributed by atoms with Crippen LogP contribution in [0.5, 0.6) is 5.75 Å². The molecule has 1 aromatic rings. The number of nitrogens with one attached hydrogen (secondary N) is 1. The summed E-state index contributed by atoms with van der Waals surface area (Å²) in [6, 6.07) is 7.00. The number of para-hydroxylation sites is 1. The Hall–Kier alpha value is -2.04. The van der Waals surface area contributed by atoms with E-state index >= 15 is 0 Å². The zero-order valence-corrected chi connectivity index (χ0v) is 11.0. The summed E-state index contributed by atoms with van der Waals surface area (Å²) in [6.45, 7) is 1.56. The summed E-state index contributed by atoms with van der Waals surface area (Å²) in [6.07, 6.45) is 1.19. The standard InChI is InChI=1S/C14H17NO4/c1-9(13(16)15-10-7-8-10)19-14(17)11-5-3-4-6-12(11)18-2/h3-6,9-10H,7-8H2,1-2H3,(H,15,16)/t9-/m1/s1. The molecule has 19 heavy (non-hydrogen) atoms. The van der Waals surface area contributed by atoms with Crippen LogP contribution in [0.3, 0.4) is 0 Å². The van der Waals surface area contributed by atoms with Gasteiger partial charge in [0.1, 0.15) is 11.3 Å². The van der Waals surface area contributed by atoms with Gasteiger partial charge in [-0.1, -0.05) is 12.1 Å². The van der Waals surface area contributed by atoms with Crippen LogP contribution >= 0.6 is 0 Å². The monoisotopic (exact) mass is 263 g/mol. The maximum Gasteiger partial charge on any atom is 0.342 e. The third-order valence-electron chi connectivity index (χ3n) is 2.90. The Bertz CT molecular complexity index is 482. The summed E-state index contributed by atoms with van der Waals surface area (Å²) in [5, 5.41) is 2.79. The van der Waals surface area contributed by atoms with Crippen molar-refractivity contribution in [2.45, 2.75) is 31.9 Å². The third kappa shape index (κ3) is 3.47. The fourth-order valence-electron chi connectivity index (χ4n) is 1.64. The predicted octanol–water partition coefficient (Wildman–Crippen LogP) is 1.52. The summed E-state index contributed by atoms with van der Waals surface area (Å²) in [5.41, 5.74) is 0.316. The molecule has 0 bridgehead atoms. The Kier molecular flexibility index (Phi) is 4.04. The lowest BCUT2D eigenvalue weighted by Gasteiger charge is -2.14. The molecule has 0 spiro atoms. The molecular weight excluding hydrogens is 246 g/mol. The largest absolute Gasteiger partial charge is 0.496 e.